The number of fused-ring (bicyclic) bond motifs is 13. The Balaban J connectivity index is 1.17. The molecule has 2 heteroatoms. The molecule has 51 heavy (non-hydrogen) atoms. The second kappa shape index (κ2) is 11.0. The highest BCUT2D eigenvalue weighted by molar-refractivity contribution is 7.26. The minimum absolute atomic E-state index is 0.382. The largest absolute Gasteiger partial charge is 0.310 e. The van der Waals surface area contributed by atoms with Gasteiger partial charge in [0.2, 0.25) is 0 Å². The Bertz CT molecular complexity index is 2730. The lowest BCUT2D eigenvalue weighted by atomic mass is 9.69. The van der Waals surface area contributed by atoms with Gasteiger partial charge in [0.1, 0.15) is 0 Å². The lowest BCUT2D eigenvalue weighted by Crippen LogP contribution is -2.27. The molecule has 1 unspecified atom stereocenters. The third kappa shape index (κ3) is 4.03. The molecule has 1 atom stereocenters. The van der Waals surface area contributed by atoms with E-state index in [0.29, 0.717) is 0 Å². The fourth-order valence-electron chi connectivity index (χ4n) is 9.27. The molecule has 3 aliphatic rings. The van der Waals surface area contributed by atoms with Gasteiger partial charge in [0, 0.05) is 42.8 Å². The van der Waals surface area contributed by atoms with Crippen LogP contribution in [0.5, 0.6) is 0 Å². The van der Waals surface area contributed by atoms with E-state index in [4.69, 9.17) is 0 Å². The lowest BCUT2D eigenvalue weighted by molar-refractivity contribution is 0.781. The highest BCUT2D eigenvalue weighted by atomic mass is 32.1. The first-order valence-electron chi connectivity index (χ1n) is 17.9. The van der Waals surface area contributed by atoms with Crippen molar-refractivity contribution in [3.8, 4) is 22.3 Å². The van der Waals surface area contributed by atoms with Gasteiger partial charge in [-0.2, -0.15) is 0 Å². The summed E-state index contributed by atoms with van der Waals surface area (Å²) in [5.74, 6) is 0. The van der Waals surface area contributed by atoms with E-state index >= 15 is 0 Å². The topological polar surface area (TPSA) is 3.24 Å². The normalized spacial score (nSPS) is 16.8. The maximum Gasteiger partial charge on any atom is 0.0723 e. The molecular weight excluding hydrogens is 635 g/mol. The van der Waals surface area contributed by atoms with Crippen molar-refractivity contribution in [3.05, 3.63) is 204 Å². The van der Waals surface area contributed by atoms with Gasteiger partial charge in [0.25, 0.3) is 0 Å². The smallest absolute Gasteiger partial charge is 0.0723 e. The monoisotopic (exact) mass is 667 g/mol. The number of thiophene rings is 1. The molecule has 11 rings (SSSR count). The Morgan fingerprint density at radius 1 is 0.510 bits per heavy atom. The predicted octanol–water partition coefficient (Wildman–Crippen LogP) is 13.6. The molecule has 240 valence electrons. The van der Waals surface area contributed by atoms with Gasteiger partial charge in [-0.3, -0.25) is 0 Å². The summed E-state index contributed by atoms with van der Waals surface area (Å²) < 4.78 is 2.75. The first kappa shape index (κ1) is 28.8. The molecule has 0 amide bonds. The van der Waals surface area contributed by atoms with Gasteiger partial charge < -0.3 is 4.90 Å². The molecule has 1 spiro atoms. The number of anilines is 3. The third-order valence-electron chi connectivity index (χ3n) is 11.4. The van der Waals surface area contributed by atoms with E-state index in [2.05, 4.69) is 181 Å². The minimum atomic E-state index is -0.382. The zero-order valence-electron chi connectivity index (χ0n) is 28.0. The van der Waals surface area contributed by atoms with E-state index < -0.39 is 0 Å². The number of benzene rings is 7. The summed E-state index contributed by atoms with van der Waals surface area (Å²) in [6, 6.07) is 60.8. The lowest BCUT2D eigenvalue weighted by Gasteiger charge is -2.33. The summed E-state index contributed by atoms with van der Waals surface area (Å²) in [5.41, 5.74) is 16.8. The second-order valence-corrected chi connectivity index (χ2v) is 15.0. The molecule has 0 aliphatic heterocycles. The standard InChI is InChI=1S/C49H33NS/c1-3-13-32(14-4-1)33-23-25-35(26-24-33)50(34-15-5-2-6-16-34)36-27-28-38-37-17-7-10-20-42(37)49(45(38)31-36)43-21-11-8-19-41(43)47-44(49)30-29-40-39-18-9-12-22-46(39)51-48(40)47/h1-6,8-16,18-31H,7,17H2. The molecule has 3 aliphatic carbocycles. The van der Waals surface area contributed by atoms with Crippen molar-refractivity contribution < 1.29 is 0 Å². The zero-order chi connectivity index (χ0) is 33.5. The van der Waals surface area contributed by atoms with Crippen LogP contribution in [0.4, 0.5) is 17.1 Å². The van der Waals surface area contributed by atoms with Crippen LogP contribution in [0, 0.1) is 0 Å². The fourth-order valence-corrected chi connectivity index (χ4v) is 10.5. The van der Waals surface area contributed by atoms with Gasteiger partial charge in [0.05, 0.1) is 5.41 Å². The molecule has 0 fully saturated rings. The van der Waals surface area contributed by atoms with Crippen LogP contribution in [-0.4, -0.2) is 0 Å². The maximum atomic E-state index is 2.51. The molecule has 1 nitrogen and oxygen atoms in total. The van der Waals surface area contributed by atoms with E-state index in [1.807, 2.05) is 11.3 Å². The molecule has 1 heterocycles. The van der Waals surface area contributed by atoms with Crippen molar-refractivity contribution in [2.24, 2.45) is 0 Å². The quantitative estimate of drug-likeness (QED) is 0.181. The molecule has 0 saturated carbocycles. The van der Waals surface area contributed by atoms with Crippen LogP contribution >= 0.6 is 11.3 Å². The second-order valence-electron chi connectivity index (χ2n) is 13.9. The van der Waals surface area contributed by atoms with Gasteiger partial charge in [-0.1, -0.05) is 133 Å². The van der Waals surface area contributed by atoms with E-state index in [9.17, 15) is 0 Å². The van der Waals surface area contributed by atoms with Crippen LogP contribution in [0.3, 0.4) is 0 Å². The summed E-state index contributed by atoms with van der Waals surface area (Å²) in [4.78, 5) is 2.42. The molecule has 0 bridgehead atoms. The highest BCUT2D eigenvalue weighted by Gasteiger charge is 2.53. The molecule has 1 aromatic heterocycles. The van der Waals surface area contributed by atoms with Crippen molar-refractivity contribution in [2.75, 3.05) is 4.90 Å². The van der Waals surface area contributed by atoms with Gasteiger partial charge in [-0.15, -0.1) is 11.3 Å². The first-order chi connectivity index (χ1) is 25.3. The van der Waals surface area contributed by atoms with Crippen LogP contribution in [0.1, 0.15) is 35.1 Å². The number of hydrogen-bond donors (Lipinski definition) is 0. The molecular formula is C49H33NS. The van der Waals surface area contributed by atoms with E-state index in [1.54, 1.807) is 0 Å². The average Bonchev–Trinajstić information content (AvgIpc) is 3.83. The number of rotatable bonds is 4. The highest BCUT2D eigenvalue weighted by Crippen LogP contribution is 2.65. The molecule has 0 radical (unpaired) electrons. The number of para-hydroxylation sites is 1. The van der Waals surface area contributed by atoms with Crippen molar-refractivity contribution in [1.29, 1.82) is 0 Å². The average molecular weight is 668 g/mol. The summed E-state index contributed by atoms with van der Waals surface area (Å²) in [6.45, 7) is 0. The van der Waals surface area contributed by atoms with Crippen molar-refractivity contribution in [1.82, 2.24) is 0 Å². The van der Waals surface area contributed by atoms with Gasteiger partial charge in [0.15, 0.2) is 0 Å². The molecule has 8 aromatic rings. The summed E-state index contributed by atoms with van der Waals surface area (Å²) in [7, 11) is 0. The van der Waals surface area contributed by atoms with E-state index in [-0.39, 0.29) is 5.41 Å². The Hall–Kier alpha value is -5.96. The zero-order valence-corrected chi connectivity index (χ0v) is 28.8. The Morgan fingerprint density at radius 3 is 2.08 bits per heavy atom. The molecule has 0 saturated heterocycles. The van der Waals surface area contributed by atoms with Crippen LogP contribution < -0.4 is 4.90 Å². The maximum absolute atomic E-state index is 2.51. The molecule has 7 aromatic carbocycles. The van der Waals surface area contributed by atoms with Crippen LogP contribution in [-0.2, 0) is 5.41 Å². The van der Waals surface area contributed by atoms with Crippen molar-refractivity contribution in [3.63, 3.8) is 0 Å². The van der Waals surface area contributed by atoms with Crippen LogP contribution in [0.25, 0.3) is 48.0 Å². The Morgan fingerprint density at radius 2 is 1.22 bits per heavy atom. The van der Waals surface area contributed by atoms with Gasteiger partial charge >= 0.3 is 0 Å². The summed E-state index contributed by atoms with van der Waals surface area (Å²) >= 11 is 1.94. The summed E-state index contributed by atoms with van der Waals surface area (Å²) in [6.07, 6.45) is 6.99. The van der Waals surface area contributed by atoms with Crippen molar-refractivity contribution >= 4 is 54.1 Å². The SMILES string of the molecule is C1=CC2=C(CC1)c1ccc(N(c3ccccc3)c3ccc(-c4ccccc4)cc3)cc1C21c2ccccc2-c2c1ccc1c2sc2ccccc21. The van der Waals surface area contributed by atoms with Crippen molar-refractivity contribution in [2.45, 2.75) is 18.3 Å². The minimum Gasteiger partial charge on any atom is -0.310 e. The van der Waals surface area contributed by atoms with E-state index in [1.165, 1.54) is 81.5 Å². The Labute approximate surface area is 302 Å². The Kier molecular flexibility index (Phi) is 6.23. The fraction of sp³-hybridized carbons (Fsp3) is 0.0612. The van der Waals surface area contributed by atoms with Crippen LogP contribution in [0.15, 0.2) is 182 Å². The van der Waals surface area contributed by atoms with Crippen LogP contribution in [0.2, 0.25) is 0 Å². The summed E-state index contributed by atoms with van der Waals surface area (Å²) in [5, 5.41) is 2.71. The number of nitrogens with zero attached hydrogens (tertiary/aromatic N) is 1. The van der Waals surface area contributed by atoms with Gasteiger partial charge in [-0.25, -0.2) is 0 Å². The third-order valence-corrected chi connectivity index (χ3v) is 12.6. The predicted molar refractivity (Wildman–Crippen MR) is 217 cm³/mol. The number of allylic oxidation sites excluding steroid dienone is 4. The molecule has 0 N–H and O–H groups in total. The van der Waals surface area contributed by atoms with E-state index in [0.717, 1.165) is 24.2 Å². The first-order valence-corrected chi connectivity index (χ1v) is 18.7. The number of hydrogen-bond acceptors (Lipinski definition) is 2. The van der Waals surface area contributed by atoms with Gasteiger partial charge in [-0.05, 0) is 105 Å².